The molecule has 0 fully saturated rings. The van der Waals surface area contributed by atoms with Crippen LogP contribution in [0.25, 0.3) is 0 Å². The maximum absolute atomic E-state index is 6.01. The molecule has 0 heterocycles. The van der Waals surface area contributed by atoms with Crippen LogP contribution in [0.4, 0.5) is 0 Å². The standard InChI is InChI=1S/C15H32OSi/c1-7-8-9-10-11-12-13-17(16-6,14(2)3)15(4)5/h7,14-15H,1,8-13H2,2-6H3. The van der Waals surface area contributed by atoms with Crippen LogP contribution in [0.1, 0.15) is 59.8 Å². The fourth-order valence-corrected chi connectivity index (χ4v) is 7.30. The van der Waals surface area contributed by atoms with Crippen molar-refractivity contribution in [3.05, 3.63) is 12.7 Å². The van der Waals surface area contributed by atoms with Crippen molar-refractivity contribution in [3.8, 4) is 0 Å². The second-order valence-corrected chi connectivity index (χ2v) is 10.8. The van der Waals surface area contributed by atoms with E-state index < -0.39 is 8.32 Å². The largest absolute Gasteiger partial charge is 0.419 e. The van der Waals surface area contributed by atoms with Crippen LogP contribution >= 0.6 is 0 Å². The van der Waals surface area contributed by atoms with Crippen molar-refractivity contribution in [2.24, 2.45) is 0 Å². The fraction of sp³-hybridized carbons (Fsp3) is 0.867. The Morgan fingerprint density at radius 1 is 1.00 bits per heavy atom. The molecule has 0 spiro atoms. The van der Waals surface area contributed by atoms with E-state index in [0.29, 0.717) is 0 Å². The minimum absolute atomic E-state index is 0.723. The zero-order valence-corrected chi connectivity index (χ0v) is 13.6. The van der Waals surface area contributed by atoms with E-state index in [2.05, 4.69) is 34.3 Å². The zero-order valence-electron chi connectivity index (χ0n) is 12.6. The quantitative estimate of drug-likeness (QED) is 0.283. The van der Waals surface area contributed by atoms with Crippen molar-refractivity contribution in [3.63, 3.8) is 0 Å². The van der Waals surface area contributed by atoms with Gasteiger partial charge in [0.25, 0.3) is 0 Å². The molecule has 0 aromatic rings. The highest BCUT2D eigenvalue weighted by Gasteiger charge is 2.40. The van der Waals surface area contributed by atoms with Gasteiger partial charge in [-0.15, -0.1) is 6.58 Å². The van der Waals surface area contributed by atoms with Crippen molar-refractivity contribution in [1.82, 2.24) is 0 Å². The lowest BCUT2D eigenvalue weighted by Crippen LogP contribution is -2.43. The Morgan fingerprint density at radius 3 is 1.94 bits per heavy atom. The van der Waals surface area contributed by atoms with Crippen molar-refractivity contribution in [1.29, 1.82) is 0 Å². The van der Waals surface area contributed by atoms with Crippen LogP contribution < -0.4 is 0 Å². The number of hydrogen-bond acceptors (Lipinski definition) is 1. The smallest absolute Gasteiger partial charge is 0.197 e. The van der Waals surface area contributed by atoms with E-state index in [1.54, 1.807) is 0 Å². The van der Waals surface area contributed by atoms with Gasteiger partial charge in [-0.1, -0.05) is 53.0 Å². The summed E-state index contributed by atoms with van der Waals surface area (Å²) in [5.41, 5.74) is 1.45. The molecule has 0 amide bonds. The van der Waals surface area contributed by atoms with Crippen LogP contribution in [-0.4, -0.2) is 15.4 Å². The maximum atomic E-state index is 6.01. The second kappa shape index (κ2) is 8.93. The van der Waals surface area contributed by atoms with Gasteiger partial charge < -0.3 is 4.43 Å². The van der Waals surface area contributed by atoms with Crippen molar-refractivity contribution in [2.45, 2.75) is 76.9 Å². The highest BCUT2D eigenvalue weighted by Crippen LogP contribution is 2.37. The van der Waals surface area contributed by atoms with Gasteiger partial charge in [-0.3, -0.25) is 0 Å². The third-order valence-corrected chi connectivity index (χ3v) is 9.86. The summed E-state index contributed by atoms with van der Waals surface area (Å²) in [6.07, 6.45) is 8.53. The van der Waals surface area contributed by atoms with E-state index in [4.69, 9.17) is 4.43 Å². The molecule has 17 heavy (non-hydrogen) atoms. The predicted molar refractivity (Wildman–Crippen MR) is 81.0 cm³/mol. The van der Waals surface area contributed by atoms with Crippen LogP contribution in [0.15, 0.2) is 12.7 Å². The lowest BCUT2D eigenvalue weighted by molar-refractivity contribution is 0.367. The first-order valence-corrected chi connectivity index (χ1v) is 9.44. The molecule has 0 aliphatic carbocycles. The lowest BCUT2D eigenvalue weighted by Gasteiger charge is -2.37. The molecular formula is C15H32OSi. The van der Waals surface area contributed by atoms with Crippen LogP contribution in [0.5, 0.6) is 0 Å². The summed E-state index contributed by atoms with van der Waals surface area (Å²) in [4.78, 5) is 0. The third-order valence-electron chi connectivity index (χ3n) is 4.06. The summed E-state index contributed by atoms with van der Waals surface area (Å²) < 4.78 is 6.01. The summed E-state index contributed by atoms with van der Waals surface area (Å²) in [6.45, 7) is 13.1. The highest BCUT2D eigenvalue weighted by molar-refractivity contribution is 6.76. The predicted octanol–water partition coefficient (Wildman–Crippen LogP) is 5.53. The van der Waals surface area contributed by atoms with Gasteiger partial charge in [-0.25, -0.2) is 0 Å². The first kappa shape index (κ1) is 16.9. The Kier molecular flexibility index (Phi) is 8.88. The summed E-state index contributed by atoms with van der Waals surface area (Å²) in [6, 6.07) is 1.33. The Hall–Kier alpha value is -0.0831. The molecule has 0 aromatic heterocycles. The van der Waals surface area contributed by atoms with Gasteiger partial charge in [0.1, 0.15) is 0 Å². The van der Waals surface area contributed by atoms with Gasteiger partial charge in [-0.2, -0.15) is 0 Å². The van der Waals surface area contributed by atoms with Gasteiger partial charge in [0.15, 0.2) is 8.32 Å². The molecule has 0 aromatic carbocycles. The normalized spacial score (nSPS) is 12.4. The third kappa shape index (κ3) is 5.39. The topological polar surface area (TPSA) is 9.23 Å². The van der Waals surface area contributed by atoms with Gasteiger partial charge in [0.05, 0.1) is 0 Å². The zero-order chi connectivity index (χ0) is 13.3. The van der Waals surface area contributed by atoms with Crippen molar-refractivity contribution < 1.29 is 4.43 Å². The SMILES string of the molecule is C=CCCCCCC[Si](OC)(C(C)C)C(C)C. The summed E-state index contributed by atoms with van der Waals surface area (Å²) >= 11 is 0. The highest BCUT2D eigenvalue weighted by atomic mass is 28.4. The maximum Gasteiger partial charge on any atom is 0.197 e. The van der Waals surface area contributed by atoms with E-state index >= 15 is 0 Å². The van der Waals surface area contributed by atoms with E-state index in [-0.39, 0.29) is 0 Å². The first-order chi connectivity index (χ1) is 8.01. The molecule has 0 saturated carbocycles. The monoisotopic (exact) mass is 256 g/mol. The molecule has 1 nitrogen and oxygen atoms in total. The van der Waals surface area contributed by atoms with Crippen LogP contribution in [-0.2, 0) is 4.43 Å². The molecule has 0 saturated heterocycles. The van der Waals surface area contributed by atoms with Gasteiger partial charge in [-0.05, 0) is 30.0 Å². The molecule has 102 valence electrons. The van der Waals surface area contributed by atoms with Crippen LogP contribution in [0.3, 0.4) is 0 Å². The summed E-state index contributed by atoms with van der Waals surface area (Å²) in [7, 11) is 0.422. The molecular weight excluding hydrogens is 224 g/mol. The molecule has 2 heteroatoms. The minimum atomic E-state index is -1.51. The van der Waals surface area contributed by atoms with E-state index in [9.17, 15) is 0 Å². The van der Waals surface area contributed by atoms with Crippen LogP contribution in [0.2, 0.25) is 17.1 Å². The Labute approximate surface area is 110 Å². The van der Waals surface area contributed by atoms with Gasteiger partial charge in [0, 0.05) is 7.11 Å². The lowest BCUT2D eigenvalue weighted by atomic mass is 10.1. The van der Waals surface area contributed by atoms with Crippen molar-refractivity contribution in [2.75, 3.05) is 7.11 Å². The number of hydrogen-bond donors (Lipinski definition) is 0. The molecule has 0 unspecified atom stereocenters. The molecule has 0 rings (SSSR count). The van der Waals surface area contributed by atoms with Crippen LogP contribution in [0, 0.1) is 0 Å². The molecule has 0 radical (unpaired) electrons. The first-order valence-electron chi connectivity index (χ1n) is 7.17. The average Bonchev–Trinajstić information content (AvgIpc) is 2.27. The van der Waals surface area contributed by atoms with E-state index in [1.165, 1.54) is 38.1 Å². The number of unbranched alkanes of at least 4 members (excludes halogenated alkanes) is 4. The van der Waals surface area contributed by atoms with Crippen molar-refractivity contribution >= 4 is 8.32 Å². The fourth-order valence-electron chi connectivity index (χ4n) is 2.86. The van der Waals surface area contributed by atoms with Gasteiger partial charge in [0.2, 0.25) is 0 Å². The summed E-state index contributed by atoms with van der Waals surface area (Å²) in [5, 5.41) is 0. The van der Waals surface area contributed by atoms with E-state index in [1.807, 2.05) is 13.2 Å². The molecule has 0 aliphatic heterocycles. The van der Waals surface area contributed by atoms with E-state index in [0.717, 1.165) is 11.1 Å². The molecule has 0 aliphatic rings. The second-order valence-electron chi connectivity index (χ2n) is 5.71. The average molecular weight is 257 g/mol. The summed E-state index contributed by atoms with van der Waals surface area (Å²) in [5.74, 6) is 0. The molecule has 0 atom stereocenters. The molecule has 0 N–H and O–H groups in total. The van der Waals surface area contributed by atoms with Gasteiger partial charge >= 0.3 is 0 Å². The Balaban J connectivity index is 4.05. The minimum Gasteiger partial charge on any atom is -0.419 e. The molecule has 0 bridgehead atoms. The Bertz CT molecular complexity index is 191. The number of rotatable bonds is 10. The number of allylic oxidation sites excluding steroid dienone is 1. The Morgan fingerprint density at radius 2 is 1.53 bits per heavy atom.